The van der Waals surface area contributed by atoms with Crippen LogP contribution in [-0.4, -0.2) is 23.6 Å². The van der Waals surface area contributed by atoms with Crippen molar-refractivity contribution in [3.63, 3.8) is 0 Å². The quantitative estimate of drug-likeness (QED) is 0.236. The third kappa shape index (κ3) is 5.28. The minimum atomic E-state index is -0.423. The maximum Gasteiger partial charge on any atom is 0.339 e. The Morgan fingerprint density at radius 3 is 2.22 bits per heavy atom. The van der Waals surface area contributed by atoms with Gasteiger partial charge in [0.15, 0.2) is 11.6 Å². The van der Waals surface area contributed by atoms with Gasteiger partial charge < -0.3 is 4.74 Å². The molecule has 1 fully saturated rings. The van der Waals surface area contributed by atoms with Crippen LogP contribution in [0.15, 0.2) is 70.5 Å². The molecule has 0 bridgehead atoms. The van der Waals surface area contributed by atoms with E-state index >= 15 is 0 Å². The van der Waals surface area contributed by atoms with Gasteiger partial charge in [-0.3, -0.25) is 9.59 Å². The number of benzene rings is 3. The van der Waals surface area contributed by atoms with Crippen LogP contribution < -0.4 is 0 Å². The van der Waals surface area contributed by atoms with Gasteiger partial charge in [-0.05, 0) is 62.8 Å². The normalized spacial score (nSPS) is 18.8. The number of hydrogen-bond acceptors (Lipinski definition) is 5. The second-order valence-corrected chi connectivity index (χ2v) is 11.3. The lowest BCUT2D eigenvalue weighted by atomic mass is 9.83. The summed E-state index contributed by atoms with van der Waals surface area (Å²) in [5, 5.41) is 0. The lowest BCUT2D eigenvalue weighted by molar-refractivity contribution is 0.0157. The molecule has 3 aromatic carbocycles. The number of unbranched alkanes of at least 4 members (excludes halogenated alkanes) is 1. The van der Waals surface area contributed by atoms with Gasteiger partial charge in [0, 0.05) is 32.0 Å². The summed E-state index contributed by atoms with van der Waals surface area (Å²) in [5.41, 5.74) is 2.88. The molecule has 0 heterocycles. The van der Waals surface area contributed by atoms with Gasteiger partial charge in [0.25, 0.3) is 0 Å². The van der Waals surface area contributed by atoms with Gasteiger partial charge in [0.05, 0.1) is 5.56 Å². The number of hydrogen-bond donors (Lipinski definition) is 0. The van der Waals surface area contributed by atoms with Crippen molar-refractivity contribution >= 4 is 29.3 Å². The highest BCUT2D eigenvalue weighted by atomic mass is 32.2. The summed E-state index contributed by atoms with van der Waals surface area (Å²) >= 11 is 1.34. The number of carbonyl (C=O) groups excluding carboxylic acids is 3. The van der Waals surface area contributed by atoms with Crippen LogP contribution >= 0.6 is 11.8 Å². The summed E-state index contributed by atoms with van der Waals surface area (Å²) < 4.78 is 6.00. The number of esters is 1. The number of ether oxygens (including phenoxy) is 1. The second-order valence-electron chi connectivity index (χ2n) is 10.2. The molecule has 0 aliphatic heterocycles. The van der Waals surface area contributed by atoms with E-state index in [1.165, 1.54) is 31.0 Å². The molecule has 0 saturated heterocycles. The fourth-order valence-corrected chi connectivity index (χ4v) is 6.47. The summed E-state index contributed by atoms with van der Waals surface area (Å²) in [5.74, 6) is -0.129. The topological polar surface area (TPSA) is 60.4 Å². The number of ketones is 2. The van der Waals surface area contributed by atoms with Gasteiger partial charge in [-0.1, -0.05) is 79.9 Å². The zero-order chi connectivity index (χ0) is 25.9. The van der Waals surface area contributed by atoms with E-state index in [4.69, 9.17) is 4.74 Å². The molecule has 5 rings (SSSR count). The van der Waals surface area contributed by atoms with Crippen molar-refractivity contribution in [1.29, 1.82) is 0 Å². The third-order valence-electron chi connectivity index (χ3n) is 7.54. The maximum absolute atomic E-state index is 13.7. The molecule has 3 aromatic rings. The summed E-state index contributed by atoms with van der Waals surface area (Å²) in [6, 6.07) is 18.1. The van der Waals surface area contributed by atoms with Crippen LogP contribution in [0.25, 0.3) is 0 Å². The Balaban J connectivity index is 1.48. The molecule has 2 aliphatic carbocycles. The Morgan fingerprint density at radius 2 is 1.54 bits per heavy atom. The van der Waals surface area contributed by atoms with E-state index in [0.717, 1.165) is 42.1 Å². The van der Waals surface area contributed by atoms with E-state index in [0.29, 0.717) is 32.7 Å². The largest absolute Gasteiger partial charge is 0.459 e. The van der Waals surface area contributed by atoms with Gasteiger partial charge in [0.2, 0.25) is 0 Å². The monoisotopic (exact) mass is 512 g/mol. The molecule has 37 heavy (non-hydrogen) atoms. The molecule has 190 valence electrons. The SMILES string of the molecule is CCCCC1CCC(OC(=O)c2ccc3c(c2Sc2ccc(C)cc2)C(=O)c2ccccc2C3=O)CC1. The molecule has 5 heteroatoms. The van der Waals surface area contributed by atoms with Crippen LogP contribution in [0.2, 0.25) is 0 Å². The van der Waals surface area contributed by atoms with Crippen molar-refractivity contribution < 1.29 is 19.1 Å². The number of carbonyl (C=O) groups is 3. The Kier molecular flexibility index (Phi) is 7.61. The van der Waals surface area contributed by atoms with Crippen molar-refractivity contribution in [3.8, 4) is 0 Å². The van der Waals surface area contributed by atoms with Crippen LogP contribution in [-0.2, 0) is 4.74 Å². The zero-order valence-corrected chi connectivity index (χ0v) is 22.2. The summed E-state index contributed by atoms with van der Waals surface area (Å²) in [4.78, 5) is 41.9. The van der Waals surface area contributed by atoms with Crippen molar-refractivity contribution in [1.82, 2.24) is 0 Å². The average Bonchev–Trinajstić information content (AvgIpc) is 2.92. The summed E-state index contributed by atoms with van der Waals surface area (Å²) in [6.07, 6.45) is 7.49. The van der Waals surface area contributed by atoms with Gasteiger partial charge in [0.1, 0.15) is 6.10 Å². The number of aryl methyl sites for hydroxylation is 1. The molecule has 0 amide bonds. The molecule has 2 aliphatic rings. The first kappa shape index (κ1) is 25.5. The summed E-state index contributed by atoms with van der Waals surface area (Å²) in [6.45, 7) is 4.23. The molecule has 0 N–H and O–H groups in total. The van der Waals surface area contributed by atoms with Crippen LogP contribution in [0.3, 0.4) is 0 Å². The second kappa shape index (κ2) is 11.1. The van der Waals surface area contributed by atoms with Crippen LogP contribution in [0.4, 0.5) is 0 Å². The fraction of sp³-hybridized carbons (Fsp3) is 0.344. The molecular weight excluding hydrogens is 480 g/mol. The molecule has 0 unspecified atom stereocenters. The van der Waals surface area contributed by atoms with E-state index < -0.39 is 5.97 Å². The zero-order valence-electron chi connectivity index (χ0n) is 21.4. The first-order valence-electron chi connectivity index (χ1n) is 13.3. The van der Waals surface area contributed by atoms with Crippen LogP contribution in [0.5, 0.6) is 0 Å². The minimum Gasteiger partial charge on any atom is -0.459 e. The molecule has 0 radical (unpaired) electrons. The third-order valence-corrected chi connectivity index (χ3v) is 8.68. The van der Waals surface area contributed by atoms with E-state index in [2.05, 4.69) is 6.92 Å². The smallest absolute Gasteiger partial charge is 0.339 e. The van der Waals surface area contributed by atoms with Crippen molar-refractivity contribution in [2.45, 2.75) is 74.7 Å². The highest BCUT2D eigenvalue weighted by Crippen LogP contribution is 2.40. The van der Waals surface area contributed by atoms with E-state index in [1.54, 1.807) is 36.4 Å². The first-order valence-corrected chi connectivity index (χ1v) is 14.1. The van der Waals surface area contributed by atoms with Gasteiger partial charge in [-0.2, -0.15) is 0 Å². The van der Waals surface area contributed by atoms with E-state index in [9.17, 15) is 14.4 Å². The molecule has 0 aromatic heterocycles. The maximum atomic E-state index is 13.7. The van der Waals surface area contributed by atoms with Crippen LogP contribution in [0, 0.1) is 12.8 Å². The van der Waals surface area contributed by atoms with E-state index in [-0.39, 0.29) is 17.7 Å². The lowest BCUT2D eigenvalue weighted by Crippen LogP contribution is -2.26. The standard InChI is InChI=1S/C32H32O4S/c1-3-4-7-21-12-14-22(15-13-21)36-32(35)27-19-18-26-28(31(27)37-23-16-10-20(2)11-17-23)30(34)25-9-6-5-8-24(25)29(26)33/h5-6,8-11,16-19,21-22H,3-4,7,12-15H2,1-2H3. The molecule has 0 spiro atoms. The summed E-state index contributed by atoms with van der Waals surface area (Å²) in [7, 11) is 0. The van der Waals surface area contributed by atoms with E-state index in [1.807, 2.05) is 31.2 Å². The average molecular weight is 513 g/mol. The number of rotatable bonds is 7. The van der Waals surface area contributed by atoms with Crippen molar-refractivity contribution in [2.75, 3.05) is 0 Å². The van der Waals surface area contributed by atoms with Gasteiger partial charge >= 0.3 is 5.97 Å². The van der Waals surface area contributed by atoms with Gasteiger partial charge in [-0.25, -0.2) is 4.79 Å². The van der Waals surface area contributed by atoms with Crippen molar-refractivity contribution in [2.24, 2.45) is 5.92 Å². The predicted octanol–water partition coefficient (Wildman–Crippen LogP) is 7.83. The lowest BCUT2D eigenvalue weighted by Gasteiger charge is -2.29. The Labute approximate surface area is 222 Å². The minimum absolute atomic E-state index is 0.114. The predicted molar refractivity (Wildman–Crippen MR) is 146 cm³/mol. The molecule has 0 atom stereocenters. The van der Waals surface area contributed by atoms with Crippen molar-refractivity contribution in [3.05, 3.63) is 94.0 Å². The Bertz CT molecular complexity index is 1330. The molecule has 1 saturated carbocycles. The highest BCUT2D eigenvalue weighted by Gasteiger charge is 2.35. The molecular formula is C32H32O4S. The highest BCUT2D eigenvalue weighted by molar-refractivity contribution is 7.99. The number of fused-ring (bicyclic) bond motifs is 2. The Morgan fingerprint density at radius 1 is 0.865 bits per heavy atom. The fourth-order valence-electron chi connectivity index (χ4n) is 5.39. The van der Waals surface area contributed by atoms with Crippen LogP contribution in [0.1, 0.15) is 99.6 Å². The Hall–Kier alpha value is -3.18. The van der Waals surface area contributed by atoms with Gasteiger partial charge in [-0.15, -0.1) is 0 Å². The first-order chi connectivity index (χ1) is 18.0. The molecule has 4 nitrogen and oxygen atoms in total.